The Kier molecular flexibility index (Phi) is 7.60. The molecule has 0 saturated carbocycles. The average molecular weight is 541 g/mol. The molecule has 5 rings (SSSR count). The van der Waals surface area contributed by atoms with Gasteiger partial charge in [-0.05, 0) is 74.4 Å². The van der Waals surface area contributed by atoms with E-state index in [2.05, 4.69) is 5.32 Å². The molecular formula is C32H33FN4O3. The Balaban J connectivity index is 1.38. The first kappa shape index (κ1) is 27.0. The molecule has 2 heterocycles. The van der Waals surface area contributed by atoms with Crippen LogP contribution in [0, 0.1) is 26.6 Å². The third-order valence-electron chi connectivity index (χ3n) is 7.55. The Bertz CT molecular complexity index is 1570. The lowest BCUT2D eigenvalue weighted by Gasteiger charge is -2.34. The molecule has 3 amide bonds. The van der Waals surface area contributed by atoms with Crippen LogP contribution in [0.3, 0.4) is 0 Å². The normalized spacial score (nSPS) is 13.3. The summed E-state index contributed by atoms with van der Waals surface area (Å²) in [4.78, 5) is 30.1. The minimum atomic E-state index is -0.382. The molecule has 0 aliphatic carbocycles. The zero-order valence-electron chi connectivity index (χ0n) is 23.2. The van der Waals surface area contributed by atoms with E-state index in [1.165, 1.54) is 11.6 Å². The fourth-order valence-electron chi connectivity index (χ4n) is 5.07. The molecule has 206 valence electrons. The number of nitrogens with one attached hydrogen (secondary N) is 1. The number of aromatic nitrogens is 1. The quantitative estimate of drug-likeness (QED) is 0.327. The van der Waals surface area contributed by atoms with Crippen molar-refractivity contribution in [2.24, 2.45) is 0 Å². The summed E-state index contributed by atoms with van der Waals surface area (Å²) in [5.41, 5.74) is 6.02. The highest BCUT2D eigenvalue weighted by atomic mass is 19.1. The number of benzene rings is 3. The number of halogens is 1. The predicted molar refractivity (Wildman–Crippen MR) is 155 cm³/mol. The number of amides is 3. The molecule has 1 aliphatic rings. The summed E-state index contributed by atoms with van der Waals surface area (Å²) >= 11 is 0. The molecule has 0 bridgehead atoms. The van der Waals surface area contributed by atoms with Crippen molar-refractivity contribution in [2.75, 3.05) is 38.6 Å². The van der Waals surface area contributed by atoms with Gasteiger partial charge in [-0.15, -0.1) is 0 Å². The second kappa shape index (κ2) is 11.3. The molecule has 0 atom stereocenters. The smallest absolute Gasteiger partial charge is 0.321 e. The maximum Gasteiger partial charge on any atom is 0.321 e. The van der Waals surface area contributed by atoms with Gasteiger partial charge in [-0.1, -0.05) is 30.3 Å². The number of piperazine rings is 1. The molecule has 1 aliphatic heterocycles. The standard InChI is InChI=1S/C32H33FN4O3/c1-21-12-13-25(18-22(21)2)34-32(39)36-16-14-35(15-17-36)31(38)27-20-30(24-8-7-9-26(19-24)40-4)37(23(27)3)29-11-6-5-10-28(29)33/h5-13,18-20H,14-17H2,1-4H3,(H,34,39). The van der Waals surface area contributed by atoms with Crippen LogP contribution in [-0.4, -0.2) is 59.6 Å². The first-order valence-electron chi connectivity index (χ1n) is 13.3. The molecule has 1 aromatic heterocycles. The molecule has 3 aromatic carbocycles. The number of carbonyl (C=O) groups is 2. The molecular weight excluding hydrogens is 507 g/mol. The number of aryl methyl sites for hydroxylation is 2. The van der Waals surface area contributed by atoms with Gasteiger partial charge in [-0.2, -0.15) is 0 Å². The number of methoxy groups -OCH3 is 1. The number of nitrogens with zero attached hydrogens (tertiary/aromatic N) is 3. The van der Waals surface area contributed by atoms with Crippen LogP contribution in [0.1, 0.15) is 27.2 Å². The van der Waals surface area contributed by atoms with Gasteiger partial charge in [0, 0.05) is 43.1 Å². The van der Waals surface area contributed by atoms with Crippen molar-refractivity contribution in [3.05, 3.63) is 101 Å². The zero-order valence-corrected chi connectivity index (χ0v) is 23.2. The minimum absolute atomic E-state index is 0.147. The Morgan fingerprint density at radius 2 is 1.55 bits per heavy atom. The third-order valence-corrected chi connectivity index (χ3v) is 7.55. The van der Waals surface area contributed by atoms with E-state index < -0.39 is 0 Å². The number of para-hydroxylation sites is 1. The largest absolute Gasteiger partial charge is 0.497 e. The van der Waals surface area contributed by atoms with E-state index in [0.717, 1.165) is 16.8 Å². The molecule has 1 saturated heterocycles. The topological polar surface area (TPSA) is 66.8 Å². The second-order valence-electron chi connectivity index (χ2n) is 10.1. The molecule has 7 nitrogen and oxygen atoms in total. The minimum Gasteiger partial charge on any atom is -0.497 e. The maximum absolute atomic E-state index is 15.0. The van der Waals surface area contributed by atoms with Crippen molar-refractivity contribution < 1.29 is 18.7 Å². The van der Waals surface area contributed by atoms with Crippen LogP contribution in [0.2, 0.25) is 0 Å². The summed E-state index contributed by atoms with van der Waals surface area (Å²) in [5.74, 6) is 0.137. The Morgan fingerprint density at radius 1 is 0.825 bits per heavy atom. The Labute approximate surface area is 233 Å². The fourth-order valence-corrected chi connectivity index (χ4v) is 5.07. The zero-order chi connectivity index (χ0) is 28.4. The van der Waals surface area contributed by atoms with Crippen molar-refractivity contribution in [3.63, 3.8) is 0 Å². The number of hydrogen-bond donors (Lipinski definition) is 1. The number of rotatable bonds is 5. The summed E-state index contributed by atoms with van der Waals surface area (Å²) < 4.78 is 22.2. The molecule has 4 aromatic rings. The molecule has 0 spiro atoms. The lowest BCUT2D eigenvalue weighted by Crippen LogP contribution is -2.51. The summed E-state index contributed by atoms with van der Waals surface area (Å²) in [6.07, 6.45) is 0. The van der Waals surface area contributed by atoms with E-state index in [1.807, 2.05) is 69.3 Å². The van der Waals surface area contributed by atoms with E-state index in [1.54, 1.807) is 39.7 Å². The van der Waals surface area contributed by atoms with Crippen molar-refractivity contribution in [3.8, 4) is 22.7 Å². The number of anilines is 1. The van der Waals surface area contributed by atoms with Gasteiger partial charge in [0.25, 0.3) is 5.91 Å². The summed E-state index contributed by atoms with van der Waals surface area (Å²) in [5, 5.41) is 2.96. The first-order valence-corrected chi connectivity index (χ1v) is 13.3. The van der Waals surface area contributed by atoms with Crippen LogP contribution in [0.15, 0.2) is 72.8 Å². The molecule has 8 heteroatoms. The van der Waals surface area contributed by atoms with Gasteiger partial charge in [0.15, 0.2) is 0 Å². The highest BCUT2D eigenvalue weighted by molar-refractivity contribution is 5.98. The van der Waals surface area contributed by atoms with E-state index in [0.29, 0.717) is 54.6 Å². The average Bonchev–Trinajstić information content (AvgIpc) is 3.31. The van der Waals surface area contributed by atoms with Crippen molar-refractivity contribution >= 4 is 17.6 Å². The van der Waals surface area contributed by atoms with E-state index >= 15 is 0 Å². The molecule has 40 heavy (non-hydrogen) atoms. The predicted octanol–water partition coefficient (Wildman–Crippen LogP) is 6.21. The highest BCUT2D eigenvalue weighted by Gasteiger charge is 2.28. The van der Waals surface area contributed by atoms with Crippen LogP contribution < -0.4 is 10.1 Å². The van der Waals surface area contributed by atoms with Gasteiger partial charge in [-0.3, -0.25) is 4.79 Å². The van der Waals surface area contributed by atoms with Gasteiger partial charge in [-0.25, -0.2) is 9.18 Å². The van der Waals surface area contributed by atoms with Gasteiger partial charge >= 0.3 is 6.03 Å². The Morgan fingerprint density at radius 3 is 2.25 bits per heavy atom. The van der Waals surface area contributed by atoms with E-state index in [4.69, 9.17) is 4.74 Å². The summed E-state index contributed by atoms with van der Waals surface area (Å²) in [6, 6.07) is 21.5. The number of carbonyl (C=O) groups excluding carboxylic acids is 2. The van der Waals surface area contributed by atoms with E-state index in [9.17, 15) is 14.0 Å². The van der Waals surface area contributed by atoms with Crippen LogP contribution in [0.25, 0.3) is 16.9 Å². The number of urea groups is 1. The van der Waals surface area contributed by atoms with Crippen molar-refractivity contribution in [1.82, 2.24) is 14.4 Å². The molecule has 1 N–H and O–H groups in total. The van der Waals surface area contributed by atoms with Gasteiger partial charge < -0.3 is 24.4 Å². The second-order valence-corrected chi connectivity index (χ2v) is 10.1. The van der Waals surface area contributed by atoms with Gasteiger partial charge in [0.05, 0.1) is 24.1 Å². The lowest BCUT2D eigenvalue weighted by molar-refractivity contribution is 0.0671. The van der Waals surface area contributed by atoms with Crippen LogP contribution >= 0.6 is 0 Å². The highest BCUT2D eigenvalue weighted by Crippen LogP contribution is 2.33. The van der Waals surface area contributed by atoms with Crippen LogP contribution in [-0.2, 0) is 0 Å². The van der Waals surface area contributed by atoms with Crippen LogP contribution in [0.4, 0.5) is 14.9 Å². The Hall–Kier alpha value is -4.59. The van der Waals surface area contributed by atoms with E-state index in [-0.39, 0.29) is 17.8 Å². The summed E-state index contributed by atoms with van der Waals surface area (Å²) in [7, 11) is 1.59. The molecule has 0 radical (unpaired) electrons. The summed E-state index contributed by atoms with van der Waals surface area (Å²) in [6.45, 7) is 7.50. The van der Waals surface area contributed by atoms with Crippen molar-refractivity contribution in [2.45, 2.75) is 20.8 Å². The molecule has 0 unspecified atom stereocenters. The number of ether oxygens (including phenoxy) is 1. The van der Waals surface area contributed by atoms with Crippen molar-refractivity contribution in [1.29, 1.82) is 0 Å². The van der Waals surface area contributed by atoms with Gasteiger partial charge in [0.2, 0.25) is 0 Å². The first-order chi connectivity index (χ1) is 19.3. The monoisotopic (exact) mass is 540 g/mol. The SMILES string of the molecule is COc1cccc(-c2cc(C(=O)N3CCN(C(=O)Nc4ccc(C)c(C)c4)CC3)c(C)n2-c2ccccc2F)c1. The van der Waals surface area contributed by atoms with Crippen LogP contribution in [0.5, 0.6) is 5.75 Å². The third kappa shape index (κ3) is 5.30. The maximum atomic E-state index is 15.0. The molecule has 1 fully saturated rings. The fraction of sp³-hybridized carbons (Fsp3) is 0.250. The lowest BCUT2D eigenvalue weighted by atomic mass is 10.1. The number of hydrogen-bond acceptors (Lipinski definition) is 3. The van der Waals surface area contributed by atoms with Gasteiger partial charge in [0.1, 0.15) is 11.6 Å².